The van der Waals surface area contributed by atoms with Gasteiger partial charge in [0.05, 0.1) is 5.52 Å². The van der Waals surface area contributed by atoms with Gasteiger partial charge in [-0.05, 0) is 80.0 Å². The van der Waals surface area contributed by atoms with Gasteiger partial charge in [0.15, 0.2) is 0 Å². The number of carbonyl (C=O) groups is 5. The van der Waals surface area contributed by atoms with Gasteiger partial charge in [-0.2, -0.15) is 0 Å². The zero-order chi connectivity index (χ0) is 43.2. The molecule has 318 valence electrons. The Hall–Kier alpha value is -5.23. The molecule has 0 radical (unpaired) electrons. The Balaban J connectivity index is 1.72. The molecule has 0 saturated carbocycles. The number of hydrogen-bond acceptors (Lipinski definition) is 13. The fourth-order valence-electron chi connectivity index (χ4n) is 6.03. The molecule has 2 aromatic carbocycles. The number of fused-ring (bicyclic) bond motifs is 1. The number of aliphatic hydroxyl groups is 3. The number of aromatic nitrogens is 1. The second-order valence-electron chi connectivity index (χ2n) is 17.0. The van der Waals surface area contributed by atoms with E-state index in [0.29, 0.717) is 16.5 Å². The molecule has 1 aliphatic rings. The van der Waals surface area contributed by atoms with Crippen LogP contribution in [0.4, 0.5) is 14.4 Å². The highest BCUT2D eigenvalue weighted by atomic mass is 16.6. The SMILES string of the molecule is CC(C)(C)OC(=O)NCC1O[C@@H]([C@@H](NC(=O)OC(C)(C)C)C(=O)N[C@@H](Cc2cc3ccccc3n2C(=O)OC(C)(C)C)C(=O)OCc2ccccc2)C(O)[C@@H](O)[C@@H]1O. The first-order valence-corrected chi connectivity index (χ1v) is 18.9. The lowest BCUT2D eigenvalue weighted by molar-refractivity contribution is -0.226. The predicted molar refractivity (Wildman–Crippen MR) is 210 cm³/mol. The first-order valence-electron chi connectivity index (χ1n) is 18.9. The molecule has 58 heavy (non-hydrogen) atoms. The molecule has 3 aromatic rings. The third-order valence-electron chi connectivity index (χ3n) is 8.48. The second kappa shape index (κ2) is 18.6. The lowest BCUT2D eigenvalue weighted by atomic mass is 9.90. The maximum Gasteiger partial charge on any atom is 0.419 e. The van der Waals surface area contributed by atoms with Crippen LogP contribution in [0.2, 0.25) is 0 Å². The van der Waals surface area contributed by atoms with Crippen molar-refractivity contribution in [3.63, 3.8) is 0 Å². The van der Waals surface area contributed by atoms with Crippen molar-refractivity contribution in [2.45, 2.75) is 135 Å². The maximum atomic E-state index is 14.5. The summed E-state index contributed by atoms with van der Waals surface area (Å²) < 4.78 is 29.2. The molecule has 0 bridgehead atoms. The molecule has 1 aliphatic heterocycles. The number of esters is 1. The van der Waals surface area contributed by atoms with Gasteiger partial charge in [0.25, 0.3) is 0 Å². The van der Waals surface area contributed by atoms with Crippen LogP contribution in [0.25, 0.3) is 10.9 Å². The first kappa shape index (κ1) is 45.5. The van der Waals surface area contributed by atoms with Gasteiger partial charge in [-0.1, -0.05) is 48.5 Å². The highest BCUT2D eigenvalue weighted by Gasteiger charge is 2.50. The zero-order valence-corrected chi connectivity index (χ0v) is 34.3. The number of amides is 3. The molecule has 17 heteroatoms. The summed E-state index contributed by atoms with van der Waals surface area (Å²) in [6, 6.07) is 13.9. The van der Waals surface area contributed by atoms with Crippen LogP contribution in [0.1, 0.15) is 73.6 Å². The third-order valence-corrected chi connectivity index (χ3v) is 8.48. The van der Waals surface area contributed by atoms with Crippen LogP contribution >= 0.6 is 0 Å². The molecule has 1 fully saturated rings. The number of benzene rings is 2. The van der Waals surface area contributed by atoms with E-state index in [0.717, 1.165) is 0 Å². The second-order valence-corrected chi connectivity index (χ2v) is 17.0. The lowest BCUT2D eigenvalue weighted by Crippen LogP contribution is -2.68. The van der Waals surface area contributed by atoms with Crippen molar-refractivity contribution in [2.24, 2.45) is 0 Å². The topological polar surface area (TPSA) is 233 Å². The van der Waals surface area contributed by atoms with Crippen molar-refractivity contribution < 1.29 is 63.0 Å². The summed E-state index contributed by atoms with van der Waals surface area (Å²) in [5.74, 6) is -2.02. The van der Waals surface area contributed by atoms with Crippen LogP contribution in [-0.2, 0) is 46.3 Å². The van der Waals surface area contributed by atoms with Crippen LogP contribution < -0.4 is 16.0 Å². The molecule has 0 spiro atoms. The summed E-state index contributed by atoms with van der Waals surface area (Å²) in [6.45, 7) is 14.1. The molecule has 3 amide bonds. The Morgan fingerprint density at radius 3 is 1.95 bits per heavy atom. The monoisotopic (exact) mass is 812 g/mol. The van der Waals surface area contributed by atoms with E-state index in [9.17, 15) is 39.3 Å². The molecular weight excluding hydrogens is 756 g/mol. The summed E-state index contributed by atoms with van der Waals surface area (Å²) >= 11 is 0. The number of ether oxygens (including phenoxy) is 5. The molecule has 7 atom stereocenters. The molecule has 2 heterocycles. The molecule has 0 aliphatic carbocycles. The van der Waals surface area contributed by atoms with E-state index < -0.39 is 96.1 Å². The van der Waals surface area contributed by atoms with Crippen molar-refractivity contribution in [2.75, 3.05) is 6.54 Å². The summed E-state index contributed by atoms with van der Waals surface area (Å²) in [5, 5.41) is 41.0. The van der Waals surface area contributed by atoms with Crippen LogP contribution in [0, 0.1) is 0 Å². The van der Waals surface area contributed by atoms with E-state index in [4.69, 9.17) is 23.7 Å². The smallest absolute Gasteiger partial charge is 0.419 e. The Kier molecular flexibility index (Phi) is 14.6. The number of nitrogens with zero attached hydrogens (tertiary/aromatic N) is 1. The number of aliphatic hydroxyl groups excluding tert-OH is 3. The minimum atomic E-state index is -1.99. The van der Waals surface area contributed by atoms with E-state index in [-0.39, 0.29) is 18.7 Å². The van der Waals surface area contributed by atoms with E-state index in [2.05, 4.69) is 16.0 Å². The van der Waals surface area contributed by atoms with Crippen LogP contribution in [0.15, 0.2) is 60.7 Å². The van der Waals surface area contributed by atoms with Crippen LogP contribution in [-0.4, -0.2) is 116 Å². The van der Waals surface area contributed by atoms with E-state index >= 15 is 0 Å². The van der Waals surface area contributed by atoms with E-state index in [1.807, 2.05) is 0 Å². The number of para-hydroxylation sites is 1. The summed E-state index contributed by atoms with van der Waals surface area (Å²) in [7, 11) is 0. The molecule has 6 N–H and O–H groups in total. The van der Waals surface area contributed by atoms with Gasteiger partial charge in [0, 0.05) is 24.0 Å². The average molecular weight is 813 g/mol. The minimum Gasteiger partial charge on any atom is -0.459 e. The summed E-state index contributed by atoms with van der Waals surface area (Å²) in [5.41, 5.74) is -1.43. The molecule has 17 nitrogen and oxygen atoms in total. The minimum absolute atomic E-state index is 0.179. The third kappa shape index (κ3) is 12.9. The van der Waals surface area contributed by atoms with Crippen molar-refractivity contribution in [1.82, 2.24) is 20.5 Å². The Morgan fingerprint density at radius 2 is 1.33 bits per heavy atom. The largest absolute Gasteiger partial charge is 0.459 e. The zero-order valence-electron chi connectivity index (χ0n) is 34.3. The van der Waals surface area contributed by atoms with Crippen molar-refractivity contribution in [3.8, 4) is 0 Å². The van der Waals surface area contributed by atoms with Gasteiger partial charge >= 0.3 is 24.2 Å². The summed E-state index contributed by atoms with van der Waals surface area (Å²) in [4.78, 5) is 67.7. The first-order chi connectivity index (χ1) is 26.9. The predicted octanol–water partition coefficient (Wildman–Crippen LogP) is 3.46. The van der Waals surface area contributed by atoms with E-state index in [1.165, 1.54) is 4.57 Å². The number of alkyl carbamates (subject to hydrolysis) is 2. The normalized spacial score (nSPS) is 20.9. The van der Waals surface area contributed by atoms with Crippen molar-refractivity contribution in [3.05, 3.63) is 71.9 Å². The highest BCUT2D eigenvalue weighted by Crippen LogP contribution is 2.26. The lowest BCUT2D eigenvalue weighted by Gasteiger charge is -2.43. The van der Waals surface area contributed by atoms with Gasteiger partial charge in [-0.25, -0.2) is 23.7 Å². The van der Waals surface area contributed by atoms with Crippen LogP contribution in [0.3, 0.4) is 0 Å². The molecular formula is C41H56N4O13. The van der Waals surface area contributed by atoms with Gasteiger partial charge in [-0.3, -0.25) is 4.79 Å². The Labute approximate surface area is 337 Å². The number of nitrogens with one attached hydrogen (secondary N) is 3. The van der Waals surface area contributed by atoms with Gasteiger partial charge in [-0.15, -0.1) is 0 Å². The average Bonchev–Trinajstić information content (AvgIpc) is 3.48. The van der Waals surface area contributed by atoms with Gasteiger partial charge < -0.3 is 55.0 Å². The number of carbonyl (C=O) groups excluding carboxylic acids is 5. The van der Waals surface area contributed by atoms with Crippen LogP contribution in [0.5, 0.6) is 0 Å². The standard InChI is InChI=1S/C41H56N4O13/c1-39(2,3)56-36(51)42-21-28-30(46)31(47)32(48)33(55-28)29(44-37(52)57-40(4,5)6)34(49)43-26(35(50)54-22-23-15-11-10-12-16-23)20-25-19-24-17-13-14-18-27(24)45(25)38(53)58-41(7,8)9/h10-19,26,28-33,46-48H,20-22H2,1-9H3,(H,42,51)(H,43,49)(H,44,52)/t26-,28?,29+,30+,31-,32?,33-/m0/s1. The van der Waals surface area contributed by atoms with E-state index in [1.54, 1.807) is 123 Å². The summed E-state index contributed by atoms with van der Waals surface area (Å²) in [6.07, 6.45) is -12.0. The molecule has 1 saturated heterocycles. The number of hydrogen-bond donors (Lipinski definition) is 6. The van der Waals surface area contributed by atoms with Crippen molar-refractivity contribution >= 4 is 41.1 Å². The number of rotatable bonds is 11. The fourth-order valence-corrected chi connectivity index (χ4v) is 6.03. The molecule has 4 rings (SSSR count). The van der Waals surface area contributed by atoms with Gasteiger partial charge in [0.1, 0.15) is 66.0 Å². The molecule has 2 unspecified atom stereocenters. The fraction of sp³-hybridized carbons (Fsp3) is 0.537. The quantitative estimate of drug-likeness (QED) is 0.120. The highest BCUT2D eigenvalue weighted by molar-refractivity contribution is 5.93. The van der Waals surface area contributed by atoms with Gasteiger partial charge in [0.2, 0.25) is 5.91 Å². The Bertz CT molecular complexity index is 1910. The Morgan fingerprint density at radius 1 is 0.741 bits per heavy atom. The maximum absolute atomic E-state index is 14.5. The molecule has 1 aromatic heterocycles. The van der Waals surface area contributed by atoms with Crippen molar-refractivity contribution in [1.29, 1.82) is 0 Å².